The summed E-state index contributed by atoms with van der Waals surface area (Å²) in [7, 11) is -4.93. The number of allylic oxidation sites excluding steroid dienone is 5. The molecule has 0 spiro atoms. The molecule has 8 nitrogen and oxygen atoms in total. The van der Waals surface area contributed by atoms with Gasteiger partial charge in [-0.1, -0.05) is 48.6 Å². The fourth-order valence-corrected chi connectivity index (χ4v) is 2.98. The average Bonchev–Trinajstić information content (AvgIpc) is 2.58. The van der Waals surface area contributed by atoms with Crippen molar-refractivity contribution in [2.24, 2.45) is 0 Å². The van der Waals surface area contributed by atoms with E-state index in [1.165, 1.54) is 31.2 Å². The summed E-state index contributed by atoms with van der Waals surface area (Å²) in [6.45, 7) is 3.14. The monoisotopic (exact) mass is 414 g/mol. The van der Waals surface area contributed by atoms with Crippen molar-refractivity contribution >= 4 is 13.8 Å². The maximum Gasteiger partial charge on any atom is 0.469 e. The number of aliphatic hydroxyl groups excluding tert-OH is 1. The third-order valence-corrected chi connectivity index (χ3v) is 4.30. The summed E-state index contributed by atoms with van der Waals surface area (Å²) in [4.78, 5) is 29.5. The van der Waals surface area contributed by atoms with Crippen LogP contribution in [-0.2, 0) is 18.6 Å². The van der Waals surface area contributed by atoms with Gasteiger partial charge in [-0.25, -0.2) is 9.36 Å². The lowest BCUT2D eigenvalue weighted by Crippen LogP contribution is -2.41. The van der Waals surface area contributed by atoms with Crippen LogP contribution in [0.3, 0.4) is 0 Å². The van der Waals surface area contributed by atoms with Gasteiger partial charge in [0.2, 0.25) is 0 Å². The topological polar surface area (TPSA) is 134 Å². The SMILES string of the molecule is C/C=C/C=CC=C[C@H](O)C[C@@H](OP(=O)(O)O)[C@](C)(O)/C=C/[C@H]1CC=CC(=O)O1. The summed E-state index contributed by atoms with van der Waals surface area (Å²) in [5.41, 5.74) is -1.84. The molecule has 0 fully saturated rings. The number of aliphatic hydroxyl groups is 2. The van der Waals surface area contributed by atoms with Crippen LogP contribution in [0.25, 0.3) is 0 Å². The van der Waals surface area contributed by atoms with E-state index in [0.717, 1.165) is 0 Å². The van der Waals surface area contributed by atoms with Gasteiger partial charge >= 0.3 is 13.8 Å². The number of carbonyl (C=O) groups excluding carboxylic acids is 1. The summed E-state index contributed by atoms with van der Waals surface area (Å²) in [6.07, 6.45) is 12.6. The van der Waals surface area contributed by atoms with Crippen molar-refractivity contribution in [3.05, 3.63) is 60.8 Å². The first-order valence-corrected chi connectivity index (χ1v) is 10.2. The highest BCUT2D eigenvalue weighted by atomic mass is 31.2. The van der Waals surface area contributed by atoms with Crippen LogP contribution in [0.4, 0.5) is 0 Å². The third-order valence-electron chi connectivity index (χ3n) is 3.77. The van der Waals surface area contributed by atoms with Crippen LogP contribution < -0.4 is 0 Å². The lowest BCUT2D eigenvalue weighted by molar-refractivity contribution is -0.141. The number of ether oxygens (including phenoxy) is 1. The van der Waals surface area contributed by atoms with E-state index in [2.05, 4.69) is 0 Å². The smallest absolute Gasteiger partial charge is 0.455 e. The number of rotatable bonds is 10. The Balaban J connectivity index is 2.87. The van der Waals surface area contributed by atoms with Gasteiger partial charge in [0.25, 0.3) is 0 Å². The molecule has 28 heavy (non-hydrogen) atoms. The summed E-state index contributed by atoms with van der Waals surface area (Å²) in [5.74, 6) is -0.518. The molecule has 0 unspecified atom stereocenters. The zero-order chi connectivity index (χ0) is 21.2. The number of esters is 1. The summed E-state index contributed by atoms with van der Waals surface area (Å²) in [5, 5.41) is 20.8. The Morgan fingerprint density at radius 1 is 1.36 bits per heavy atom. The number of phosphoric acid groups is 1. The van der Waals surface area contributed by atoms with E-state index in [-0.39, 0.29) is 6.42 Å². The molecule has 0 saturated carbocycles. The van der Waals surface area contributed by atoms with Gasteiger partial charge < -0.3 is 24.7 Å². The summed E-state index contributed by atoms with van der Waals surface area (Å²) < 4.78 is 21.0. The number of hydrogen-bond acceptors (Lipinski definition) is 6. The first-order chi connectivity index (χ1) is 13.0. The number of phosphoric ester groups is 1. The number of cyclic esters (lactones) is 1. The Hall–Kier alpha value is -1.80. The summed E-state index contributed by atoms with van der Waals surface area (Å²) in [6, 6.07) is 0. The van der Waals surface area contributed by atoms with Crippen molar-refractivity contribution < 1.29 is 38.6 Å². The number of hydrogen-bond donors (Lipinski definition) is 4. The Kier molecular flexibility index (Phi) is 9.75. The van der Waals surface area contributed by atoms with Crippen molar-refractivity contribution in [2.45, 2.75) is 50.6 Å². The second-order valence-electron chi connectivity index (χ2n) is 6.38. The van der Waals surface area contributed by atoms with Crippen molar-refractivity contribution in [2.75, 3.05) is 0 Å². The quantitative estimate of drug-likeness (QED) is 0.185. The molecule has 0 radical (unpaired) electrons. The van der Waals surface area contributed by atoms with Crippen LogP contribution in [-0.4, -0.2) is 49.9 Å². The molecule has 1 aliphatic heterocycles. The average molecular weight is 414 g/mol. The van der Waals surface area contributed by atoms with Crippen molar-refractivity contribution in [3.8, 4) is 0 Å². The molecule has 156 valence electrons. The molecular weight excluding hydrogens is 387 g/mol. The second kappa shape index (κ2) is 11.3. The van der Waals surface area contributed by atoms with E-state index in [0.29, 0.717) is 6.42 Å². The van der Waals surface area contributed by atoms with Gasteiger partial charge in [0.1, 0.15) is 17.8 Å². The Bertz CT molecular complexity index is 699. The van der Waals surface area contributed by atoms with Gasteiger partial charge in [0, 0.05) is 18.9 Å². The second-order valence-corrected chi connectivity index (χ2v) is 7.57. The number of carbonyl (C=O) groups is 1. The molecule has 1 rings (SSSR count). The van der Waals surface area contributed by atoms with Crippen molar-refractivity contribution in [1.82, 2.24) is 0 Å². The van der Waals surface area contributed by atoms with Gasteiger partial charge in [0.15, 0.2) is 0 Å². The van der Waals surface area contributed by atoms with Crippen LogP contribution in [0.5, 0.6) is 0 Å². The molecular formula is C19H27O8P. The molecule has 0 saturated heterocycles. The van der Waals surface area contributed by atoms with Gasteiger partial charge in [-0.2, -0.15) is 0 Å². The molecule has 0 amide bonds. The van der Waals surface area contributed by atoms with Crippen LogP contribution in [0.1, 0.15) is 26.7 Å². The highest BCUT2D eigenvalue weighted by Gasteiger charge is 2.37. The Morgan fingerprint density at radius 2 is 2.04 bits per heavy atom. The van der Waals surface area contributed by atoms with Gasteiger partial charge in [-0.15, -0.1) is 0 Å². The lowest BCUT2D eigenvalue weighted by Gasteiger charge is -2.31. The molecule has 0 aliphatic carbocycles. The molecule has 0 bridgehead atoms. The van der Waals surface area contributed by atoms with Crippen LogP contribution in [0.15, 0.2) is 60.8 Å². The molecule has 0 aromatic heterocycles. The third kappa shape index (κ3) is 9.94. The van der Waals surface area contributed by atoms with Crippen molar-refractivity contribution in [3.63, 3.8) is 0 Å². The molecule has 4 atom stereocenters. The molecule has 1 aliphatic rings. The highest BCUT2D eigenvalue weighted by Crippen LogP contribution is 2.41. The van der Waals surface area contributed by atoms with Gasteiger partial charge in [0.05, 0.1) is 6.10 Å². The zero-order valence-electron chi connectivity index (χ0n) is 15.8. The Labute approximate surface area is 164 Å². The predicted molar refractivity (Wildman–Crippen MR) is 104 cm³/mol. The van der Waals surface area contributed by atoms with E-state index in [4.69, 9.17) is 19.0 Å². The van der Waals surface area contributed by atoms with Crippen molar-refractivity contribution in [1.29, 1.82) is 0 Å². The maximum absolute atomic E-state index is 11.3. The highest BCUT2D eigenvalue weighted by molar-refractivity contribution is 7.46. The largest absolute Gasteiger partial charge is 0.469 e. The Morgan fingerprint density at radius 3 is 2.64 bits per heavy atom. The van der Waals surface area contributed by atoms with E-state index >= 15 is 0 Å². The standard InChI is InChI=1S/C19H27O8P/c1-3-4-5-6-7-9-15(20)14-17(27-28(23,24)25)19(2,22)13-12-16-10-8-11-18(21)26-16/h3-9,11-13,15-17,20,22H,10,14H2,1-2H3,(H2,23,24,25)/b4-3+,6-5?,9-7?,13-12+/t15-,16+,17+,19+/m0/s1. The fourth-order valence-electron chi connectivity index (χ4n) is 2.35. The molecule has 4 N–H and O–H groups in total. The maximum atomic E-state index is 11.3. The van der Waals surface area contributed by atoms with Crippen LogP contribution in [0, 0.1) is 0 Å². The first kappa shape index (κ1) is 24.2. The minimum atomic E-state index is -4.93. The lowest BCUT2D eigenvalue weighted by atomic mass is 9.93. The first-order valence-electron chi connectivity index (χ1n) is 8.70. The molecule has 0 aromatic carbocycles. The normalized spacial score (nSPS) is 22.9. The van der Waals surface area contributed by atoms with E-state index in [9.17, 15) is 19.6 Å². The fraction of sp³-hybridized carbons (Fsp3) is 0.421. The molecule has 1 heterocycles. The zero-order valence-corrected chi connectivity index (χ0v) is 16.7. The van der Waals surface area contributed by atoms with Crippen LogP contribution >= 0.6 is 7.82 Å². The van der Waals surface area contributed by atoms with Gasteiger partial charge in [-0.05, 0) is 19.9 Å². The minimum Gasteiger partial charge on any atom is -0.455 e. The molecule has 0 aromatic rings. The minimum absolute atomic E-state index is 0.277. The van der Waals surface area contributed by atoms with E-state index in [1.807, 2.05) is 13.0 Å². The molecule has 9 heteroatoms. The van der Waals surface area contributed by atoms with Crippen LogP contribution in [0.2, 0.25) is 0 Å². The van der Waals surface area contributed by atoms with E-state index < -0.39 is 37.7 Å². The summed E-state index contributed by atoms with van der Waals surface area (Å²) >= 11 is 0. The predicted octanol–water partition coefficient (Wildman–Crippen LogP) is 2.08. The van der Waals surface area contributed by atoms with Gasteiger partial charge in [-0.3, -0.25) is 4.52 Å². The van der Waals surface area contributed by atoms with E-state index in [1.54, 1.807) is 30.4 Å².